The fraction of sp³-hybridized carbons (Fsp3) is 0.357. The number of methoxy groups -OCH3 is 1. The third-order valence-electron chi connectivity index (χ3n) is 2.74. The van der Waals surface area contributed by atoms with E-state index in [0.29, 0.717) is 18.0 Å². The minimum Gasteiger partial charge on any atom is -0.482 e. The Kier molecular flexibility index (Phi) is 5.71. The molecule has 1 aromatic carbocycles. The van der Waals surface area contributed by atoms with Crippen molar-refractivity contribution < 1.29 is 14.5 Å². The van der Waals surface area contributed by atoms with Gasteiger partial charge in [-0.2, -0.15) is 0 Å². The first-order valence-electron chi connectivity index (χ1n) is 6.31. The van der Waals surface area contributed by atoms with Gasteiger partial charge in [0.1, 0.15) is 0 Å². The Labute approximate surface area is 117 Å². The van der Waals surface area contributed by atoms with Crippen molar-refractivity contribution in [2.75, 3.05) is 13.7 Å². The second kappa shape index (κ2) is 7.28. The van der Waals surface area contributed by atoms with Crippen molar-refractivity contribution in [1.29, 1.82) is 0 Å². The van der Waals surface area contributed by atoms with Gasteiger partial charge in [0.05, 0.1) is 12.0 Å². The molecule has 0 N–H and O–H groups in total. The Balaban J connectivity index is 3.03. The number of hydrogen-bond donors (Lipinski definition) is 0. The fourth-order valence-electron chi connectivity index (χ4n) is 1.80. The summed E-state index contributed by atoms with van der Waals surface area (Å²) < 4.78 is 5.18. The smallest absolute Gasteiger partial charge is 0.269 e. The molecule has 6 nitrogen and oxygen atoms in total. The van der Waals surface area contributed by atoms with E-state index >= 15 is 0 Å². The number of nitrogens with zero attached hydrogens (tertiary/aromatic N) is 2. The molecular weight excluding hydrogens is 260 g/mol. The maximum absolute atomic E-state index is 12.4. The van der Waals surface area contributed by atoms with Gasteiger partial charge in [0.25, 0.3) is 11.6 Å². The molecule has 1 aromatic rings. The molecule has 108 valence electrons. The summed E-state index contributed by atoms with van der Waals surface area (Å²) in [5.41, 5.74) is 0.349. The van der Waals surface area contributed by atoms with Crippen LogP contribution >= 0.6 is 0 Å². The van der Waals surface area contributed by atoms with Crippen LogP contribution in [0.1, 0.15) is 30.6 Å². The quantitative estimate of drug-likeness (QED) is 0.455. The molecule has 0 spiro atoms. The molecule has 1 amide bonds. The maximum atomic E-state index is 12.4. The lowest BCUT2D eigenvalue weighted by atomic mass is 10.2. The third-order valence-corrected chi connectivity index (χ3v) is 2.74. The third kappa shape index (κ3) is 3.57. The molecule has 6 heteroatoms. The van der Waals surface area contributed by atoms with Crippen LogP contribution in [0.25, 0.3) is 0 Å². The second-order valence-corrected chi connectivity index (χ2v) is 4.09. The molecule has 0 radical (unpaired) electrons. The van der Waals surface area contributed by atoms with E-state index in [2.05, 4.69) is 0 Å². The van der Waals surface area contributed by atoms with E-state index in [9.17, 15) is 14.9 Å². The molecule has 0 aliphatic heterocycles. The van der Waals surface area contributed by atoms with Crippen molar-refractivity contribution >= 4 is 11.6 Å². The Morgan fingerprint density at radius 1 is 1.40 bits per heavy atom. The average molecular weight is 278 g/mol. The summed E-state index contributed by atoms with van der Waals surface area (Å²) in [4.78, 5) is 24.0. The summed E-state index contributed by atoms with van der Waals surface area (Å²) in [7, 11) is 1.50. The van der Waals surface area contributed by atoms with Gasteiger partial charge in [0.15, 0.2) is 5.88 Å². The topological polar surface area (TPSA) is 72.7 Å². The van der Waals surface area contributed by atoms with Gasteiger partial charge in [-0.3, -0.25) is 19.8 Å². The first kappa shape index (κ1) is 15.7. The summed E-state index contributed by atoms with van der Waals surface area (Å²) in [6, 6.07) is 5.54. The number of carbonyl (C=O) groups is 1. The first-order valence-corrected chi connectivity index (χ1v) is 6.31. The van der Waals surface area contributed by atoms with E-state index in [1.54, 1.807) is 13.0 Å². The van der Waals surface area contributed by atoms with Crippen LogP contribution < -0.4 is 0 Å². The van der Waals surface area contributed by atoms with Crippen LogP contribution in [0.2, 0.25) is 0 Å². The second-order valence-electron chi connectivity index (χ2n) is 4.09. The number of rotatable bonds is 6. The zero-order chi connectivity index (χ0) is 15.1. The summed E-state index contributed by atoms with van der Waals surface area (Å²) in [5, 5.41) is 10.6. The molecule has 0 fully saturated rings. The summed E-state index contributed by atoms with van der Waals surface area (Å²) in [5.74, 6) is 0.229. The van der Waals surface area contributed by atoms with Crippen LogP contribution in [0.5, 0.6) is 0 Å². The average Bonchev–Trinajstić information content (AvgIpc) is 2.47. The molecule has 0 heterocycles. The maximum Gasteiger partial charge on any atom is 0.269 e. The van der Waals surface area contributed by atoms with Crippen molar-refractivity contribution in [3.63, 3.8) is 0 Å². The van der Waals surface area contributed by atoms with E-state index in [0.717, 1.165) is 6.42 Å². The molecule has 0 atom stereocenters. The molecule has 0 saturated heterocycles. The molecule has 0 aliphatic rings. The van der Waals surface area contributed by atoms with Gasteiger partial charge in [-0.05, 0) is 31.6 Å². The molecule has 1 rings (SSSR count). The Bertz CT molecular complexity index is 508. The number of amides is 1. The van der Waals surface area contributed by atoms with E-state index in [1.807, 2.05) is 6.92 Å². The van der Waals surface area contributed by atoms with Gasteiger partial charge < -0.3 is 4.74 Å². The largest absolute Gasteiger partial charge is 0.482 e. The number of nitro benzene ring substituents is 1. The van der Waals surface area contributed by atoms with Gasteiger partial charge in [-0.1, -0.05) is 6.92 Å². The number of carbonyl (C=O) groups excluding carboxylic acids is 1. The van der Waals surface area contributed by atoms with E-state index < -0.39 is 4.92 Å². The molecule has 20 heavy (non-hydrogen) atoms. The first-order chi connectivity index (χ1) is 9.54. The predicted octanol–water partition coefficient (Wildman–Crippen LogP) is 2.95. The van der Waals surface area contributed by atoms with Gasteiger partial charge in [-0.25, -0.2) is 0 Å². The monoisotopic (exact) mass is 278 g/mol. The zero-order valence-corrected chi connectivity index (χ0v) is 11.8. The number of benzene rings is 1. The minimum absolute atomic E-state index is 0.0402. The van der Waals surface area contributed by atoms with Crippen molar-refractivity contribution in [2.45, 2.75) is 20.3 Å². The minimum atomic E-state index is -0.495. The number of hydrogen-bond acceptors (Lipinski definition) is 4. The Morgan fingerprint density at radius 2 is 2.00 bits per heavy atom. The highest BCUT2D eigenvalue weighted by Gasteiger charge is 2.19. The van der Waals surface area contributed by atoms with Crippen LogP contribution in [0.3, 0.4) is 0 Å². The van der Waals surface area contributed by atoms with E-state index in [1.165, 1.54) is 36.3 Å². The standard InChI is InChI=1S/C14H18N2O4/c1-4-10-15(13(5-2)20-3)14(17)11-6-8-12(9-7-11)16(18)19/h5-9H,4,10H2,1-3H3/b13-5-. The van der Waals surface area contributed by atoms with E-state index in [-0.39, 0.29) is 11.6 Å². The van der Waals surface area contributed by atoms with Crippen LogP contribution in [-0.2, 0) is 4.74 Å². The molecule has 0 bridgehead atoms. The molecular formula is C14H18N2O4. The van der Waals surface area contributed by atoms with Crippen molar-refractivity contribution in [1.82, 2.24) is 4.90 Å². The lowest BCUT2D eigenvalue weighted by Gasteiger charge is -2.23. The highest BCUT2D eigenvalue weighted by molar-refractivity contribution is 5.95. The summed E-state index contributed by atoms with van der Waals surface area (Å²) >= 11 is 0. The van der Waals surface area contributed by atoms with Crippen molar-refractivity contribution in [2.24, 2.45) is 0 Å². The molecule has 0 saturated carbocycles. The lowest BCUT2D eigenvalue weighted by Crippen LogP contribution is -2.31. The van der Waals surface area contributed by atoms with Crippen molar-refractivity contribution in [3.8, 4) is 0 Å². The molecule has 0 aromatic heterocycles. The number of nitro groups is 1. The lowest BCUT2D eigenvalue weighted by molar-refractivity contribution is -0.384. The molecule has 0 unspecified atom stereocenters. The number of allylic oxidation sites excluding steroid dienone is 1. The van der Waals surface area contributed by atoms with Crippen LogP contribution in [0.4, 0.5) is 5.69 Å². The van der Waals surface area contributed by atoms with Gasteiger partial charge in [-0.15, -0.1) is 0 Å². The van der Waals surface area contributed by atoms with Gasteiger partial charge in [0.2, 0.25) is 0 Å². The number of ether oxygens (including phenoxy) is 1. The van der Waals surface area contributed by atoms with Crippen molar-refractivity contribution in [3.05, 3.63) is 51.9 Å². The Morgan fingerprint density at radius 3 is 2.40 bits per heavy atom. The van der Waals surface area contributed by atoms with Gasteiger partial charge >= 0.3 is 0 Å². The normalized spacial score (nSPS) is 11.1. The summed E-state index contributed by atoms with van der Waals surface area (Å²) in [6.07, 6.45) is 2.48. The Hall–Kier alpha value is -2.37. The van der Waals surface area contributed by atoms with Crippen LogP contribution in [0.15, 0.2) is 36.2 Å². The summed E-state index contributed by atoms with van der Waals surface area (Å²) in [6.45, 7) is 4.26. The van der Waals surface area contributed by atoms with Crippen LogP contribution in [-0.4, -0.2) is 29.4 Å². The predicted molar refractivity (Wildman–Crippen MR) is 75.2 cm³/mol. The highest BCUT2D eigenvalue weighted by atomic mass is 16.6. The van der Waals surface area contributed by atoms with Crippen LogP contribution in [0, 0.1) is 10.1 Å². The highest BCUT2D eigenvalue weighted by Crippen LogP contribution is 2.16. The fourth-order valence-corrected chi connectivity index (χ4v) is 1.80. The number of non-ortho nitro benzene ring substituents is 1. The molecule has 0 aliphatic carbocycles. The van der Waals surface area contributed by atoms with Gasteiger partial charge in [0, 0.05) is 24.2 Å². The SMILES string of the molecule is C/C=C(\OC)N(CCC)C(=O)c1ccc([N+](=O)[O-])cc1. The van der Waals surface area contributed by atoms with E-state index in [4.69, 9.17) is 4.74 Å². The zero-order valence-electron chi connectivity index (χ0n) is 11.8.